The Morgan fingerprint density at radius 1 is 0.727 bits per heavy atom. The molecule has 0 atom stereocenters. The van der Waals surface area contributed by atoms with Crippen molar-refractivity contribution in [2.75, 3.05) is 19.4 Å². The first-order valence-electron chi connectivity index (χ1n) is 7.82. The molecule has 0 saturated heterocycles. The molecule has 0 aliphatic heterocycles. The van der Waals surface area contributed by atoms with Gasteiger partial charge in [-0.15, -0.1) is 0 Å². The Morgan fingerprint density at radius 3 is 1.55 bits per heavy atom. The summed E-state index contributed by atoms with van der Waals surface area (Å²) in [5.41, 5.74) is 0. The van der Waals surface area contributed by atoms with Gasteiger partial charge in [0, 0.05) is 0 Å². The Labute approximate surface area is 221 Å². The molecule has 122 valence electrons. The quantitative estimate of drug-likeness (QED) is 0.0972. The smallest absolute Gasteiger partial charge is 0.811 e. The van der Waals surface area contributed by atoms with Crippen LogP contribution in [0.2, 0.25) is 0 Å². The summed E-state index contributed by atoms with van der Waals surface area (Å²) in [6.45, 7) is 3.18. The Morgan fingerprint density at radius 2 is 1.14 bits per heavy atom. The van der Waals surface area contributed by atoms with Crippen molar-refractivity contribution >= 4 is 7.60 Å². The second-order valence-corrected chi connectivity index (χ2v) is 6.77. The Bertz CT molecular complexity index is 251. The van der Waals surface area contributed by atoms with Crippen LogP contribution in [0, 0.1) is 0 Å². The SMILES string of the molecule is CCOOCCCCCCCCCCCCP(=O)([O-])[O-].[K+].[K+]. The van der Waals surface area contributed by atoms with Crippen molar-refractivity contribution in [2.24, 2.45) is 0 Å². The molecular weight excluding hydrogens is 357 g/mol. The first-order chi connectivity index (χ1) is 9.56. The van der Waals surface area contributed by atoms with Gasteiger partial charge in [0.1, 0.15) is 0 Å². The Hall–Kier alpha value is 3.34. The maximum Gasteiger partial charge on any atom is 1.00 e. The van der Waals surface area contributed by atoms with Crippen molar-refractivity contribution < 1.29 is 127 Å². The van der Waals surface area contributed by atoms with E-state index < -0.39 is 7.60 Å². The molecule has 0 aromatic heterocycles. The van der Waals surface area contributed by atoms with Crippen molar-refractivity contribution in [3.63, 3.8) is 0 Å². The summed E-state index contributed by atoms with van der Waals surface area (Å²) >= 11 is 0. The van der Waals surface area contributed by atoms with E-state index in [4.69, 9.17) is 9.78 Å². The standard InChI is InChI=1S/C14H31O5P.2K/c1-2-18-19-13-11-9-7-5-3-4-6-8-10-12-14-20(15,16)17;;/h2-14H2,1H3,(H2,15,16,17);;/q;2*+1/p-2. The molecule has 0 aliphatic carbocycles. The van der Waals surface area contributed by atoms with E-state index in [1.54, 1.807) is 0 Å². The van der Waals surface area contributed by atoms with Crippen LogP contribution in [0.1, 0.15) is 71.1 Å². The molecule has 5 nitrogen and oxygen atoms in total. The predicted octanol–water partition coefficient (Wildman–Crippen LogP) is -3.22. The zero-order valence-corrected chi connectivity index (χ0v) is 21.8. The van der Waals surface area contributed by atoms with Crippen LogP contribution in [0.4, 0.5) is 0 Å². The third-order valence-corrected chi connectivity index (χ3v) is 3.97. The van der Waals surface area contributed by atoms with Crippen LogP contribution >= 0.6 is 7.60 Å². The number of hydrogen-bond donors (Lipinski definition) is 0. The minimum Gasteiger partial charge on any atom is -0.811 e. The zero-order valence-electron chi connectivity index (χ0n) is 14.7. The Balaban J connectivity index is -0.00000180. The van der Waals surface area contributed by atoms with Crippen LogP contribution in [0.15, 0.2) is 0 Å². The van der Waals surface area contributed by atoms with E-state index in [9.17, 15) is 14.4 Å². The van der Waals surface area contributed by atoms with Gasteiger partial charge in [0.15, 0.2) is 0 Å². The zero-order chi connectivity index (χ0) is 15.1. The van der Waals surface area contributed by atoms with Gasteiger partial charge in [0.05, 0.1) is 13.2 Å². The molecule has 22 heavy (non-hydrogen) atoms. The molecule has 0 amide bonds. The number of unbranched alkanes of at least 4 members (excludes halogenated alkanes) is 9. The molecule has 0 aromatic rings. The molecular formula is C14H29K2O5P. The van der Waals surface area contributed by atoms with E-state index in [-0.39, 0.29) is 109 Å². The fourth-order valence-electron chi connectivity index (χ4n) is 2.02. The van der Waals surface area contributed by atoms with Gasteiger partial charge >= 0.3 is 103 Å². The molecule has 0 saturated carbocycles. The minimum absolute atomic E-state index is 0. The molecule has 0 unspecified atom stereocenters. The summed E-state index contributed by atoms with van der Waals surface area (Å²) in [5.74, 6) is 0. The number of hydrogen-bond acceptors (Lipinski definition) is 5. The van der Waals surface area contributed by atoms with E-state index in [2.05, 4.69) is 0 Å². The molecule has 0 spiro atoms. The molecule has 0 aromatic carbocycles. The molecule has 0 heterocycles. The largest absolute Gasteiger partial charge is 1.00 e. The van der Waals surface area contributed by atoms with Crippen LogP contribution in [-0.4, -0.2) is 19.4 Å². The molecule has 0 fully saturated rings. The summed E-state index contributed by atoms with van der Waals surface area (Å²) in [6, 6.07) is 0. The van der Waals surface area contributed by atoms with Crippen molar-refractivity contribution in [1.29, 1.82) is 0 Å². The molecule has 0 rings (SSSR count). The van der Waals surface area contributed by atoms with E-state index in [0.29, 0.717) is 19.6 Å². The summed E-state index contributed by atoms with van der Waals surface area (Å²) in [6.07, 6.45) is 10.5. The fraction of sp³-hybridized carbons (Fsp3) is 1.00. The van der Waals surface area contributed by atoms with Gasteiger partial charge in [0.2, 0.25) is 0 Å². The van der Waals surface area contributed by atoms with Crippen LogP contribution in [-0.2, 0) is 14.3 Å². The summed E-state index contributed by atoms with van der Waals surface area (Å²) in [4.78, 5) is 30.5. The molecule has 0 aliphatic rings. The van der Waals surface area contributed by atoms with Crippen LogP contribution in [0.25, 0.3) is 0 Å². The van der Waals surface area contributed by atoms with Crippen molar-refractivity contribution in [1.82, 2.24) is 0 Å². The number of rotatable bonds is 15. The fourth-order valence-corrected chi connectivity index (χ4v) is 2.63. The van der Waals surface area contributed by atoms with Crippen molar-refractivity contribution in [2.45, 2.75) is 71.1 Å². The normalized spacial score (nSPS) is 10.9. The first kappa shape index (κ1) is 30.1. The van der Waals surface area contributed by atoms with Crippen molar-refractivity contribution in [3.8, 4) is 0 Å². The Kier molecular flexibility index (Phi) is 30.6. The average Bonchev–Trinajstić information content (AvgIpc) is 2.38. The second kappa shape index (κ2) is 22.4. The molecule has 0 bridgehead atoms. The molecule has 0 N–H and O–H groups in total. The third-order valence-electron chi connectivity index (χ3n) is 3.11. The summed E-state index contributed by atoms with van der Waals surface area (Å²) < 4.78 is 10.4. The van der Waals surface area contributed by atoms with E-state index in [1.165, 1.54) is 32.1 Å². The average molecular weight is 387 g/mol. The van der Waals surface area contributed by atoms with Gasteiger partial charge in [0.25, 0.3) is 0 Å². The van der Waals surface area contributed by atoms with E-state index in [1.807, 2.05) is 6.92 Å². The van der Waals surface area contributed by atoms with Gasteiger partial charge in [-0.3, -0.25) is 0 Å². The van der Waals surface area contributed by atoms with Crippen LogP contribution in [0.5, 0.6) is 0 Å². The maximum absolute atomic E-state index is 10.4. The van der Waals surface area contributed by atoms with Gasteiger partial charge in [-0.05, 0) is 25.9 Å². The van der Waals surface area contributed by atoms with Gasteiger partial charge < -0.3 is 14.4 Å². The van der Waals surface area contributed by atoms with Gasteiger partial charge in [-0.2, -0.15) is 0 Å². The van der Waals surface area contributed by atoms with Gasteiger partial charge in [-0.1, -0.05) is 59.0 Å². The first-order valence-corrected chi connectivity index (χ1v) is 9.54. The van der Waals surface area contributed by atoms with Crippen LogP contribution < -0.4 is 113 Å². The van der Waals surface area contributed by atoms with Gasteiger partial charge in [-0.25, -0.2) is 9.78 Å². The molecule has 0 radical (unpaired) electrons. The van der Waals surface area contributed by atoms with E-state index >= 15 is 0 Å². The maximum atomic E-state index is 10.4. The minimum atomic E-state index is -4.27. The van der Waals surface area contributed by atoms with Crippen LogP contribution in [0.3, 0.4) is 0 Å². The third kappa shape index (κ3) is 28.2. The summed E-state index contributed by atoms with van der Waals surface area (Å²) in [7, 11) is -4.27. The summed E-state index contributed by atoms with van der Waals surface area (Å²) in [5, 5.41) is 0. The predicted molar refractivity (Wildman–Crippen MR) is 76.2 cm³/mol. The van der Waals surface area contributed by atoms with Crippen molar-refractivity contribution in [3.05, 3.63) is 0 Å². The van der Waals surface area contributed by atoms with E-state index in [0.717, 1.165) is 25.7 Å². The topological polar surface area (TPSA) is 81.7 Å². The monoisotopic (exact) mass is 386 g/mol. The second-order valence-electron chi connectivity index (χ2n) is 5.10. The molecule has 8 heteroatoms.